The third-order valence-corrected chi connectivity index (χ3v) is 5.02. The van der Waals surface area contributed by atoms with E-state index in [2.05, 4.69) is 5.32 Å². The van der Waals surface area contributed by atoms with Crippen LogP contribution in [0.3, 0.4) is 0 Å². The SMILES string of the molecule is CN(C)S(=O)(=O)c1ccc(N)c(NCC2COCCO2)c1. The quantitative estimate of drug-likeness (QED) is 0.761. The first-order chi connectivity index (χ1) is 9.91. The van der Waals surface area contributed by atoms with Crippen LogP contribution < -0.4 is 11.1 Å². The van der Waals surface area contributed by atoms with Gasteiger partial charge in [-0.15, -0.1) is 0 Å². The van der Waals surface area contributed by atoms with E-state index in [1.165, 1.54) is 30.5 Å². The van der Waals surface area contributed by atoms with Crippen LogP contribution in [0, 0.1) is 0 Å². The Kier molecular flexibility index (Phi) is 5.04. The lowest BCUT2D eigenvalue weighted by molar-refractivity contribution is -0.0818. The minimum absolute atomic E-state index is 0.0627. The Bertz CT molecular complexity index is 583. The molecule has 0 spiro atoms. The summed E-state index contributed by atoms with van der Waals surface area (Å²) in [5.41, 5.74) is 6.95. The zero-order valence-electron chi connectivity index (χ0n) is 12.2. The fourth-order valence-corrected chi connectivity index (χ4v) is 2.87. The number of nitrogens with two attached hydrogens (primary N) is 1. The third-order valence-electron chi connectivity index (χ3n) is 3.21. The summed E-state index contributed by atoms with van der Waals surface area (Å²) >= 11 is 0. The monoisotopic (exact) mass is 315 g/mol. The Labute approximate surface area is 125 Å². The number of hydrogen-bond donors (Lipinski definition) is 2. The van der Waals surface area contributed by atoms with E-state index in [9.17, 15) is 8.42 Å². The maximum Gasteiger partial charge on any atom is 0.242 e. The van der Waals surface area contributed by atoms with Gasteiger partial charge in [0, 0.05) is 20.6 Å². The van der Waals surface area contributed by atoms with Crippen LogP contribution in [0.1, 0.15) is 0 Å². The summed E-state index contributed by atoms with van der Waals surface area (Å²) in [6, 6.07) is 4.61. The van der Waals surface area contributed by atoms with Crippen LogP contribution in [0.2, 0.25) is 0 Å². The highest BCUT2D eigenvalue weighted by molar-refractivity contribution is 7.89. The van der Waals surface area contributed by atoms with Gasteiger partial charge in [-0.1, -0.05) is 0 Å². The molecule has 0 aliphatic carbocycles. The highest BCUT2D eigenvalue weighted by atomic mass is 32.2. The highest BCUT2D eigenvalue weighted by Gasteiger charge is 2.19. The van der Waals surface area contributed by atoms with Crippen molar-refractivity contribution in [3.8, 4) is 0 Å². The van der Waals surface area contributed by atoms with Crippen molar-refractivity contribution in [2.24, 2.45) is 0 Å². The first-order valence-corrected chi connectivity index (χ1v) is 8.10. The van der Waals surface area contributed by atoms with E-state index in [0.29, 0.717) is 37.7 Å². The molecule has 0 bridgehead atoms. The topological polar surface area (TPSA) is 93.9 Å². The van der Waals surface area contributed by atoms with Crippen molar-refractivity contribution in [2.45, 2.75) is 11.0 Å². The fraction of sp³-hybridized carbons (Fsp3) is 0.538. The molecular weight excluding hydrogens is 294 g/mol. The summed E-state index contributed by atoms with van der Waals surface area (Å²) in [4.78, 5) is 0.199. The Morgan fingerprint density at radius 2 is 2.14 bits per heavy atom. The molecule has 1 fully saturated rings. The standard InChI is InChI=1S/C13H21N3O4S/c1-16(2)21(17,18)11-3-4-12(14)13(7-11)15-8-10-9-19-5-6-20-10/h3-4,7,10,15H,5-6,8-9,14H2,1-2H3. The summed E-state index contributed by atoms with van der Waals surface area (Å²) < 4.78 is 36.2. The maximum absolute atomic E-state index is 12.1. The summed E-state index contributed by atoms with van der Waals surface area (Å²) in [5.74, 6) is 0. The maximum atomic E-state index is 12.1. The second kappa shape index (κ2) is 6.61. The summed E-state index contributed by atoms with van der Waals surface area (Å²) in [5, 5.41) is 3.12. The molecule has 1 atom stereocenters. The lowest BCUT2D eigenvalue weighted by Crippen LogP contribution is -2.34. The lowest BCUT2D eigenvalue weighted by Gasteiger charge is -2.24. The summed E-state index contributed by atoms with van der Waals surface area (Å²) in [6.07, 6.45) is -0.0627. The van der Waals surface area contributed by atoms with Gasteiger partial charge in [-0.2, -0.15) is 0 Å². The van der Waals surface area contributed by atoms with Gasteiger partial charge in [0.25, 0.3) is 0 Å². The van der Waals surface area contributed by atoms with Gasteiger partial charge in [0.05, 0.1) is 42.2 Å². The molecule has 1 aliphatic rings. The van der Waals surface area contributed by atoms with E-state index in [1.54, 1.807) is 6.07 Å². The van der Waals surface area contributed by atoms with Crippen LogP contribution >= 0.6 is 0 Å². The number of rotatable bonds is 5. The predicted octanol–water partition coefficient (Wildman–Crippen LogP) is 0.346. The van der Waals surface area contributed by atoms with Crippen molar-refractivity contribution in [1.29, 1.82) is 0 Å². The molecule has 1 saturated heterocycles. The number of ether oxygens (including phenoxy) is 2. The molecule has 3 N–H and O–H groups in total. The van der Waals surface area contributed by atoms with Gasteiger partial charge in [0.15, 0.2) is 0 Å². The number of sulfonamides is 1. The molecule has 0 amide bonds. The molecule has 21 heavy (non-hydrogen) atoms. The van der Waals surface area contributed by atoms with Gasteiger partial charge < -0.3 is 20.5 Å². The minimum atomic E-state index is -3.48. The number of anilines is 2. The predicted molar refractivity (Wildman–Crippen MR) is 80.8 cm³/mol. The Morgan fingerprint density at radius 3 is 2.76 bits per heavy atom. The fourth-order valence-electron chi connectivity index (χ4n) is 1.94. The molecule has 118 valence electrons. The van der Waals surface area contributed by atoms with Crippen molar-refractivity contribution < 1.29 is 17.9 Å². The van der Waals surface area contributed by atoms with Crippen LogP contribution in [0.25, 0.3) is 0 Å². The van der Waals surface area contributed by atoms with E-state index in [-0.39, 0.29) is 11.0 Å². The van der Waals surface area contributed by atoms with E-state index in [1.807, 2.05) is 0 Å². The van der Waals surface area contributed by atoms with Crippen molar-refractivity contribution in [1.82, 2.24) is 4.31 Å². The summed E-state index contributed by atoms with van der Waals surface area (Å²) in [6.45, 7) is 2.20. The Hall–Kier alpha value is -1.35. The van der Waals surface area contributed by atoms with Crippen molar-refractivity contribution in [3.63, 3.8) is 0 Å². The van der Waals surface area contributed by atoms with Crippen molar-refractivity contribution in [3.05, 3.63) is 18.2 Å². The Morgan fingerprint density at radius 1 is 1.38 bits per heavy atom. The van der Waals surface area contributed by atoms with Crippen LogP contribution in [-0.4, -0.2) is 59.3 Å². The largest absolute Gasteiger partial charge is 0.397 e. The average molecular weight is 315 g/mol. The van der Waals surface area contributed by atoms with Crippen molar-refractivity contribution >= 4 is 21.4 Å². The first kappa shape index (κ1) is 16.0. The van der Waals surface area contributed by atoms with Gasteiger partial charge >= 0.3 is 0 Å². The molecule has 2 rings (SSSR count). The van der Waals surface area contributed by atoms with E-state index in [4.69, 9.17) is 15.2 Å². The van der Waals surface area contributed by atoms with E-state index < -0.39 is 10.0 Å². The van der Waals surface area contributed by atoms with Crippen LogP contribution in [0.5, 0.6) is 0 Å². The van der Waals surface area contributed by atoms with Crippen LogP contribution in [0.4, 0.5) is 11.4 Å². The molecule has 1 heterocycles. The zero-order valence-corrected chi connectivity index (χ0v) is 13.0. The average Bonchev–Trinajstić information content (AvgIpc) is 2.47. The smallest absolute Gasteiger partial charge is 0.242 e. The van der Waals surface area contributed by atoms with Gasteiger partial charge in [-0.3, -0.25) is 0 Å². The number of nitrogen functional groups attached to an aromatic ring is 1. The van der Waals surface area contributed by atoms with Gasteiger partial charge in [-0.25, -0.2) is 12.7 Å². The molecule has 7 nitrogen and oxygen atoms in total. The Balaban J connectivity index is 2.12. The highest BCUT2D eigenvalue weighted by Crippen LogP contribution is 2.24. The lowest BCUT2D eigenvalue weighted by atomic mass is 10.2. The molecule has 0 saturated carbocycles. The second-order valence-electron chi connectivity index (χ2n) is 4.99. The number of benzene rings is 1. The van der Waals surface area contributed by atoms with Gasteiger partial charge in [-0.05, 0) is 18.2 Å². The molecule has 1 unspecified atom stereocenters. The van der Waals surface area contributed by atoms with Gasteiger partial charge in [0.2, 0.25) is 10.0 Å². The molecule has 8 heteroatoms. The molecule has 0 radical (unpaired) electrons. The number of hydrogen-bond acceptors (Lipinski definition) is 6. The normalized spacial score (nSPS) is 19.7. The first-order valence-electron chi connectivity index (χ1n) is 6.66. The summed E-state index contributed by atoms with van der Waals surface area (Å²) in [7, 11) is -0.493. The third kappa shape index (κ3) is 3.85. The van der Waals surface area contributed by atoms with E-state index in [0.717, 1.165) is 0 Å². The molecule has 1 aliphatic heterocycles. The molecule has 1 aromatic rings. The van der Waals surface area contributed by atoms with Crippen LogP contribution in [0.15, 0.2) is 23.1 Å². The van der Waals surface area contributed by atoms with Gasteiger partial charge in [0.1, 0.15) is 0 Å². The number of nitrogens with zero attached hydrogens (tertiary/aromatic N) is 1. The molecule has 1 aromatic carbocycles. The zero-order chi connectivity index (χ0) is 15.5. The van der Waals surface area contributed by atoms with Crippen molar-refractivity contribution in [2.75, 3.05) is 51.5 Å². The second-order valence-corrected chi connectivity index (χ2v) is 7.14. The number of nitrogens with one attached hydrogen (secondary N) is 1. The molecular formula is C13H21N3O4S. The van der Waals surface area contributed by atoms with Crippen LogP contribution in [-0.2, 0) is 19.5 Å². The van der Waals surface area contributed by atoms with E-state index >= 15 is 0 Å². The molecule has 0 aromatic heterocycles. The minimum Gasteiger partial charge on any atom is -0.397 e.